The minimum absolute atomic E-state index is 0.139. The maximum absolute atomic E-state index is 12.1. The van der Waals surface area contributed by atoms with Gasteiger partial charge in [0.25, 0.3) is 5.91 Å². The van der Waals surface area contributed by atoms with E-state index >= 15 is 0 Å². The van der Waals surface area contributed by atoms with Gasteiger partial charge in [-0.05, 0) is 35.3 Å². The van der Waals surface area contributed by atoms with Gasteiger partial charge >= 0.3 is 0 Å². The fraction of sp³-hybridized carbons (Fsp3) is 0.462. The summed E-state index contributed by atoms with van der Waals surface area (Å²) in [5, 5.41) is 3.00. The van der Waals surface area contributed by atoms with E-state index in [0.29, 0.717) is 23.0 Å². The second-order valence-electron chi connectivity index (χ2n) is 4.81. The molecule has 2 amide bonds. The molecule has 0 bridgehead atoms. The SMILES string of the molecule is CC(CN1CCCC1=O)NC(=O)c1cc(Br)cnc1Cl. The van der Waals surface area contributed by atoms with Crippen LogP contribution in [-0.4, -0.2) is 40.8 Å². The maximum atomic E-state index is 12.1. The van der Waals surface area contributed by atoms with E-state index in [0.717, 1.165) is 13.0 Å². The summed E-state index contributed by atoms with van der Waals surface area (Å²) < 4.78 is 0.689. The molecule has 1 fully saturated rings. The Morgan fingerprint density at radius 2 is 2.40 bits per heavy atom. The Bertz CT molecular complexity index is 538. The Morgan fingerprint density at radius 1 is 1.65 bits per heavy atom. The van der Waals surface area contributed by atoms with Crippen LogP contribution in [0.5, 0.6) is 0 Å². The number of halogens is 2. The molecule has 0 saturated carbocycles. The lowest BCUT2D eigenvalue weighted by molar-refractivity contribution is -0.127. The molecule has 1 aliphatic heterocycles. The summed E-state index contributed by atoms with van der Waals surface area (Å²) in [7, 11) is 0. The number of carbonyl (C=O) groups excluding carboxylic acids is 2. The van der Waals surface area contributed by atoms with Crippen molar-refractivity contribution in [1.82, 2.24) is 15.2 Å². The van der Waals surface area contributed by atoms with E-state index in [4.69, 9.17) is 11.6 Å². The minimum Gasteiger partial charge on any atom is -0.348 e. The summed E-state index contributed by atoms with van der Waals surface area (Å²) >= 11 is 9.17. The largest absolute Gasteiger partial charge is 0.348 e. The highest BCUT2D eigenvalue weighted by atomic mass is 79.9. The second kappa shape index (κ2) is 6.54. The quantitative estimate of drug-likeness (QED) is 0.838. The number of carbonyl (C=O) groups is 2. The highest BCUT2D eigenvalue weighted by molar-refractivity contribution is 9.10. The number of rotatable bonds is 4. The Morgan fingerprint density at radius 3 is 3.05 bits per heavy atom. The van der Waals surface area contributed by atoms with Gasteiger partial charge in [-0.3, -0.25) is 9.59 Å². The zero-order valence-corrected chi connectivity index (χ0v) is 13.4. The molecule has 0 radical (unpaired) electrons. The fourth-order valence-electron chi connectivity index (χ4n) is 2.16. The molecule has 1 aromatic rings. The zero-order chi connectivity index (χ0) is 14.7. The van der Waals surface area contributed by atoms with Gasteiger partial charge in [-0.2, -0.15) is 0 Å². The Balaban J connectivity index is 1.96. The zero-order valence-electron chi connectivity index (χ0n) is 11.0. The third kappa shape index (κ3) is 3.70. The van der Waals surface area contributed by atoms with Crippen molar-refractivity contribution in [2.24, 2.45) is 0 Å². The first-order chi connectivity index (χ1) is 9.47. The predicted molar refractivity (Wildman–Crippen MR) is 79.7 cm³/mol. The molecule has 1 atom stereocenters. The van der Waals surface area contributed by atoms with Gasteiger partial charge < -0.3 is 10.2 Å². The third-order valence-corrected chi connectivity index (χ3v) is 3.83. The van der Waals surface area contributed by atoms with Gasteiger partial charge in [0, 0.05) is 36.2 Å². The van der Waals surface area contributed by atoms with Gasteiger partial charge in [-0.15, -0.1) is 0 Å². The van der Waals surface area contributed by atoms with Gasteiger partial charge in [0.15, 0.2) is 0 Å². The van der Waals surface area contributed by atoms with Crippen LogP contribution in [0.25, 0.3) is 0 Å². The lowest BCUT2D eigenvalue weighted by atomic mass is 10.2. The normalized spacial score (nSPS) is 16.4. The topological polar surface area (TPSA) is 62.3 Å². The van der Waals surface area contributed by atoms with Gasteiger partial charge in [-0.1, -0.05) is 11.6 Å². The van der Waals surface area contributed by atoms with Crippen LogP contribution in [0.2, 0.25) is 5.15 Å². The van der Waals surface area contributed by atoms with Gasteiger partial charge in [0.05, 0.1) is 5.56 Å². The van der Waals surface area contributed by atoms with E-state index in [1.165, 1.54) is 6.20 Å². The monoisotopic (exact) mass is 359 g/mol. The van der Waals surface area contributed by atoms with Crippen LogP contribution in [0.1, 0.15) is 30.1 Å². The summed E-state index contributed by atoms with van der Waals surface area (Å²) in [6.07, 6.45) is 3.02. The number of hydrogen-bond acceptors (Lipinski definition) is 3. The van der Waals surface area contributed by atoms with Crippen molar-refractivity contribution in [3.8, 4) is 0 Å². The molecule has 20 heavy (non-hydrogen) atoms. The van der Waals surface area contributed by atoms with E-state index in [2.05, 4.69) is 26.2 Å². The first-order valence-corrected chi connectivity index (χ1v) is 7.54. The molecule has 0 aliphatic carbocycles. The van der Waals surface area contributed by atoms with Crippen LogP contribution in [0.3, 0.4) is 0 Å². The molecule has 1 aliphatic rings. The van der Waals surface area contributed by atoms with Gasteiger partial charge in [0.2, 0.25) is 5.91 Å². The number of amides is 2. The van der Waals surface area contributed by atoms with Crippen LogP contribution in [0.15, 0.2) is 16.7 Å². The van der Waals surface area contributed by atoms with Crippen molar-refractivity contribution < 1.29 is 9.59 Å². The van der Waals surface area contributed by atoms with Crippen LogP contribution >= 0.6 is 27.5 Å². The van der Waals surface area contributed by atoms with Crippen LogP contribution < -0.4 is 5.32 Å². The Hall–Kier alpha value is -1.14. The van der Waals surface area contributed by atoms with Crippen LogP contribution in [0, 0.1) is 0 Å². The third-order valence-electron chi connectivity index (χ3n) is 3.09. The summed E-state index contributed by atoms with van der Waals surface area (Å²) in [4.78, 5) is 29.3. The first-order valence-electron chi connectivity index (χ1n) is 6.37. The highest BCUT2D eigenvalue weighted by Gasteiger charge is 2.23. The van der Waals surface area contributed by atoms with Crippen molar-refractivity contribution >= 4 is 39.3 Å². The second-order valence-corrected chi connectivity index (χ2v) is 6.08. The molecular formula is C13H15BrClN3O2. The van der Waals surface area contributed by atoms with Crippen LogP contribution in [0.4, 0.5) is 0 Å². The summed E-state index contributed by atoms with van der Waals surface area (Å²) in [6.45, 7) is 3.14. The lowest BCUT2D eigenvalue weighted by Crippen LogP contribution is -2.42. The summed E-state index contributed by atoms with van der Waals surface area (Å²) in [5.74, 6) is -0.142. The molecule has 5 nitrogen and oxygen atoms in total. The summed E-state index contributed by atoms with van der Waals surface area (Å²) in [5.41, 5.74) is 0.320. The molecule has 7 heteroatoms. The number of pyridine rings is 1. The summed E-state index contributed by atoms with van der Waals surface area (Å²) in [6, 6.07) is 1.48. The number of hydrogen-bond donors (Lipinski definition) is 1. The number of aromatic nitrogens is 1. The van der Waals surface area contributed by atoms with Gasteiger partial charge in [0.1, 0.15) is 5.15 Å². The predicted octanol–water partition coefficient (Wildman–Crippen LogP) is 2.24. The minimum atomic E-state index is -0.289. The Labute approximate surface area is 130 Å². The molecule has 108 valence electrons. The molecule has 1 N–H and O–H groups in total. The molecule has 1 aromatic heterocycles. The lowest BCUT2D eigenvalue weighted by Gasteiger charge is -2.21. The molecule has 2 heterocycles. The van der Waals surface area contributed by atoms with Crippen molar-refractivity contribution in [2.45, 2.75) is 25.8 Å². The highest BCUT2D eigenvalue weighted by Crippen LogP contribution is 2.18. The number of nitrogens with zero attached hydrogens (tertiary/aromatic N) is 2. The fourth-order valence-corrected chi connectivity index (χ4v) is 2.68. The molecule has 0 aromatic carbocycles. The average Bonchev–Trinajstić information content (AvgIpc) is 2.77. The van der Waals surface area contributed by atoms with E-state index in [-0.39, 0.29) is 23.0 Å². The first kappa shape index (κ1) is 15.3. The van der Waals surface area contributed by atoms with E-state index in [1.807, 2.05) is 6.92 Å². The van der Waals surface area contributed by atoms with Crippen molar-refractivity contribution in [3.63, 3.8) is 0 Å². The van der Waals surface area contributed by atoms with E-state index < -0.39 is 0 Å². The molecule has 0 spiro atoms. The van der Waals surface area contributed by atoms with Crippen molar-refractivity contribution in [3.05, 3.63) is 27.5 Å². The molecule has 1 unspecified atom stereocenters. The molecular weight excluding hydrogens is 346 g/mol. The molecule has 2 rings (SSSR count). The average molecular weight is 361 g/mol. The standard InChI is InChI=1S/C13H15BrClN3O2/c1-8(7-18-4-2-3-11(18)19)17-13(20)10-5-9(14)6-16-12(10)15/h5-6,8H,2-4,7H2,1H3,(H,17,20). The van der Waals surface area contributed by atoms with E-state index in [9.17, 15) is 9.59 Å². The molecule has 1 saturated heterocycles. The van der Waals surface area contributed by atoms with Gasteiger partial charge in [-0.25, -0.2) is 4.98 Å². The number of nitrogens with one attached hydrogen (secondary N) is 1. The van der Waals surface area contributed by atoms with Crippen LogP contribution in [-0.2, 0) is 4.79 Å². The smallest absolute Gasteiger partial charge is 0.254 e. The van der Waals surface area contributed by atoms with E-state index in [1.54, 1.807) is 11.0 Å². The van der Waals surface area contributed by atoms with Crippen molar-refractivity contribution in [1.29, 1.82) is 0 Å². The number of likely N-dealkylation sites (tertiary alicyclic amines) is 1. The maximum Gasteiger partial charge on any atom is 0.254 e. The van der Waals surface area contributed by atoms with Crippen molar-refractivity contribution in [2.75, 3.05) is 13.1 Å². The Kier molecular flexibility index (Phi) is 4.99.